The number of aliphatic imine (C=N–C) groups is 1. The molecule has 1 atom stereocenters. The molecule has 1 heterocycles. The maximum Gasteiger partial charge on any atom is 0.338 e. The van der Waals surface area contributed by atoms with Gasteiger partial charge in [0.15, 0.2) is 5.96 Å². The Morgan fingerprint density at radius 3 is 2.41 bits per heavy atom. The first kappa shape index (κ1) is 25.6. The fourth-order valence-corrected chi connectivity index (χ4v) is 3.28. The van der Waals surface area contributed by atoms with E-state index in [0.717, 1.165) is 44.4 Å². The second kappa shape index (κ2) is 13.8. The molecule has 2 N–H and O–H groups in total. The third-order valence-corrected chi connectivity index (χ3v) is 4.91. The van der Waals surface area contributed by atoms with Crippen molar-refractivity contribution in [2.24, 2.45) is 10.9 Å². The molecular weight excluding hydrogens is 483 g/mol. The summed E-state index contributed by atoms with van der Waals surface area (Å²) in [6, 6.07) is 7.87. The Balaban J connectivity index is 0.00000420. The molecule has 7 nitrogen and oxygen atoms in total. The van der Waals surface area contributed by atoms with Crippen LogP contribution in [0.1, 0.15) is 36.7 Å². The summed E-state index contributed by atoms with van der Waals surface area (Å²) in [5.41, 5.74) is 1.64. The van der Waals surface area contributed by atoms with Crippen LogP contribution in [0.2, 0.25) is 0 Å². The summed E-state index contributed by atoms with van der Waals surface area (Å²) in [5.74, 6) is 1.02. The van der Waals surface area contributed by atoms with E-state index in [1.54, 1.807) is 26.1 Å². The maximum atomic E-state index is 11.7. The summed E-state index contributed by atoms with van der Waals surface area (Å²) in [7, 11) is 1.78. The first-order valence-electron chi connectivity index (χ1n) is 10.1. The topological polar surface area (TPSA) is 75.2 Å². The van der Waals surface area contributed by atoms with E-state index in [1.165, 1.54) is 0 Å². The van der Waals surface area contributed by atoms with Crippen molar-refractivity contribution in [1.82, 2.24) is 15.5 Å². The molecular formula is C21H35IN4O3. The molecule has 164 valence electrons. The highest BCUT2D eigenvalue weighted by molar-refractivity contribution is 14.0. The van der Waals surface area contributed by atoms with Gasteiger partial charge in [-0.05, 0) is 30.5 Å². The molecule has 8 heteroatoms. The zero-order valence-corrected chi connectivity index (χ0v) is 20.3. The van der Waals surface area contributed by atoms with Crippen LogP contribution in [0.3, 0.4) is 0 Å². The van der Waals surface area contributed by atoms with Gasteiger partial charge in [0.05, 0.1) is 25.4 Å². The average Bonchev–Trinajstić information content (AvgIpc) is 2.71. The van der Waals surface area contributed by atoms with E-state index in [1.807, 2.05) is 12.1 Å². The summed E-state index contributed by atoms with van der Waals surface area (Å²) in [5, 5.41) is 6.78. The van der Waals surface area contributed by atoms with Crippen LogP contribution in [-0.4, -0.2) is 69.4 Å². The lowest BCUT2D eigenvalue weighted by Crippen LogP contribution is -2.52. The minimum atomic E-state index is -0.290. The van der Waals surface area contributed by atoms with E-state index >= 15 is 0 Å². The van der Waals surface area contributed by atoms with Crippen LogP contribution >= 0.6 is 24.0 Å². The summed E-state index contributed by atoms with van der Waals surface area (Å²) in [6.45, 7) is 11.7. The van der Waals surface area contributed by atoms with Gasteiger partial charge in [0.25, 0.3) is 0 Å². The SMILES string of the molecule is CCOC(=O)c1ccc(CNC(=NC)NCC(C(C)C)N2CCOCC2)cc1.I. The van der Waals surface area contributed by atoms with E-state index in [2.05, 4.69) is 34.4 Å². The Bertz CT molecular complexity index is 631. The van der Waals surface area contributed by atoms with Gasteiger partial charge in [0.1, 0.15) is 0 Å². The number of nitrogens with zero attached hydrogens (tertiary/aromatic N) is 2. The monoisotopic (exact) mass is 518 g/mol. The number of benzene rings is 1. The van der Waals surface area contributed by atoms with Gasteiger partial charge in [-0.2, -0.15) is 0 Å². The number of morpholine rings is 1. The molecule has 0 aromatic heterocycles. The van der Waals surface area contributed by atoms with Gasteiger partial charge in [-0.1, -0.05) is 26.0 Å². The number of hydrogen-bond donors (Lipinski definition) is 2. The molecule has 1 aliphatic rings. The molecule has 1 saturated heterocycles. The molecule has 1 unspecified atom stereocenters. The number of carbonyl (C=O) groups is 1. The lowest BCUT2D eigenvalue weighted by molar-refractivity contribution is 0.00752. The third kappa shape index (κ3) is 8.47. The van der Waals surface area contributed by atoms with Gasteiger partial charge < -0.3 is 20.1 Å². The Labute approximate surface area is 191 Å². The Hall–Kier alpha value is -1.39. The van der Waals surface area contributed by atoms with Gasteiger partial charge in [0, 0.05) is 39.3 Å². The lowest BCUT2D eigenvalue weighted by atomic mass is 10.0. The number of esters is 1. The predicted octanol–water partition coefficient (Wildman–Crippen LogP) is 2.50. The molecule has 1 aromatic rings. The van der Waals surface area contributed by atoms with Gasteiger partial charge >= 0.3 is 5.97 Å². The van der Waals surface area contributed by atoms with E-state index in [-0.39, 0.29) is 29.9 Å². The molecule has 0 bridgehead atoms. The molecule has 0 amide bonds. The van der Waals surface area contributed by atoms with Crippen molar-refractivity contribution in [3.63, 3.8) is 0 Å². The van der Waals surface area contributed by atoms with E-state index in [0.29, 0.717) is 30.7 Å². The van der Waals surface area contributed by atoms with Gasteiger partial charge in [-0.3, -0.25) is 9.89 Å². The number of nitrogens with one attached hydrogen (secondary N) is 2. The number of hydrogen-bond acceptors (Lipinski definition) is 5. The minimum Gasteiger partial charge on any atom is -0.462 e. The van der Waals surface area contributed by atoms with Gasteiger partial charge in [-0.25, -0.2) is 4.79 Å². The minimum absolute atomic E-state index is 0. The van der Waals surface area contributed by atoms with Crippen molar-refractivity contribution in [3.05, 3.63) is 35.4 Å². The second-order valence-corrected chi connectivity index (χ2v) is 7.18. The first-order valence-corrected chi connectivity index (χ1v) is 10.1. The van der Waals surface area contributed by atoms with Crippen LogP contribution in [-0.2, 0) is 16.0 Å². The van der Waals surface area contributed by atoms with Crippen molar-refractivity contribution >= 4 is 35.9 Å². The third-order valence-electron chi connectivity index (χ3n) is 4.91. The second-order valence-electron chi connectivity index (χ2n) is 7.18. The van der Waals surface area contributed by atoms with E-state index in [9.17, 15) is 4.79 Å². The van der Waals surface area contributed by atoms with Gasteiger partial charge in [0.2, 0.25) is 0 Å². The summed E-state index contributed by atoms with van der Waals surface area (Å²) in [4.78, 5) is 18.5. The molecule has 0 aliphatic carbocycles. The highest BCUT2D eigenvalue weighted by atomic mass is 127. The fraction of sp³-hybridized carbons (Fsp3) is 0.619. The number of carbonyl (C=O) groups excluding carboxylic acids is 1. The number of halogens is 1. The Morgan fingerprint density at radius 2 is 1.86 bits per heavy atom. The van der Waals surface area contributed by atoms with Crippen LogP contribution in [0.15, 0.2) is 29.3 Å². The van der Waals surface area contributed by atoms with Crippen molar-refractivity contribution in [3.8, 4) is 0 Å². The average molecular weight is 518 g/mol. The Morgan fingerprint density at radius 1 is 1.21 bits per heavy atom. The van der Waals surface area contributed by atoms with E-state index in [4.69, 9.17) is 9.47 Å². The highest BCUT2D eigenvalue weighted by Crippen LogP contribution is 2.12. The highest BCUT2D eigenvalue weighted by Gasteiger charge is 2.23. The van der Waals surface area contributed by atoms with Crippen LogP contribution < -0.4 is 10.6 Å². The van der Waals surface area contributed by atoms with Crippen molar-refractivity contribution in [2.75, 3.05) is 46.5 Å². The van der Waals surface area contributed by atoms with Crippen molar-refractivity contribution < 1.29 is 14.3 Å². The Kier molecular flexibility index (Phi) is 12.2. The lowest BCUT2D eigenvalue weighted by Gasteiger charge is -2.37. The zero-order chi connectivity index (χ0) is 20.4. The zero-order valence-electron chi connectivity index (χ0n) is 17.9. The molecule has 1 aromatic carbocycles. The van der Waals surface area contributed by atoms with Crippen molar-refractivity contribution in [2.45, 2.75) is 33.4 Å². The standard InChI is InChI=1S/C21H34N4O3.HI/c1-5-28-20(26)18-8-6-17(7-9-18)14-23-21(22-4)24-15-19(16(2)3)25-10-12-27-13-11-25;/h6-9,16,19H,5,10-15H2,1-4H3,(H2,22,23,24);1H. The number of guanidine groups is 1. The van der Waals surface area contributed by atoms with Crippen LogP contribution in [0.25, 0.3) is 0 Å². The molecule has 0 spiro atoms. The summed E-state index contributed by atoms with van der Waals surface area (Å²) >= 11 is 0. The largest absolute Gasteiger partial charge is 0.462 e. The number of ether oxygens (including phenoxy) is 2. The molecule has 0 saturated carbocycles. The van der Waals surface area contributed by atoms with Crippen LogP contribution in [0, 0.1) is 5.92 Å². The normalized spacial score (nSPS) is 16.1. The smallest absolute Gasteiger partial charge is 0.338 e. The van der Waals surface area contributed by atoms with E-state index < -0.39 is 0 Å². The first-order chi connectivity index (χ1) is 13.5. The fourth-order valence-electron chi connectivity index (χ4n) is 3.28. The summed E-state index contributed by atoms with van der Waals surface area (Å²) in [6.07, 6.45) is 0. The summed E-state index contributed by atoms with van der Waals surface area (Å²) < 4.78 is 10.5. The quantitative estimate of drug-likeness (QED) is 0.239. The molecule has 29 heavy (non-hydrogen) atoms. The predicted molar refractivity (Wildman–Crippen MR) is 127 cm³/mol. The number of rotatable bonds is 8. The van der Waals surface area contributed by atoms with Crippen LogP contribution in [0.4, 0.5) is 0 Å². The molecule has 1 aliphatic heterocycles. The molecule has 1 fully saturated rings. The van der Waals surface area contributed by atoms with Crippen molar-refractivity contribution in [1.29, 1.82) is 0 Å². The molecule has 0 radical (unpaired) electrons. The maximum absolute atomic E-state index is 11.7. The molecule has 2 rings (SSSR count). The van der Waals surface area contributed by atoms with Gasteiger partial charge in [-0.15, -0.1) is 24.0 Å². The van der Waals surface area contributed by atoms with Crippen LogP contribution in [0.5, 0.6) is 0 Å².